The molecule has 1 fully saturated rings. The van der Waals surface area contributed by atoms with Gasteiger partial charge in [0.25, 0.3) is 0 Å². The monoisotopic (exact) mass is 362 g/mol. The molecule has 1 aliphatic rings. The molecule has 1 aromatic rings. The van der Waals surface area contributed by atoms with Crippen LogP contribution in [0.1, 0.15) is 50.6 Å². The van der Waals surface area contributed by atoms with Gasteiger partial charge in [-0.15, -0.1) is 0 Å². The molecule has 1 heterocycles. The van der Waals surface area contributed by atoms with E-state index >= 15 is 0 Å². The molecule has 26 heavy (non-hydrogen) atoms. The highest BCUT2D eigenvalue weighted by Gasteiger charge is 2.43. The Balaban J connectivity index is 1.91. The molecule has 0 aliphatic carbocycles. The van der Waals surface area contributed by atoms with Crippen LogP contribution < -0.4 is 5.73 Å². The van der Waals surface area contributed by atoms with Gasteiger partial charge in [0, 0.05) is 6.04 Å². The number of aliphatic carboxylic acids is 1. The van der Waals surface area contributed by atoms with Crippen LogP contribution in [-0.4, -0.2) is 51.8 Å². The van der Waals surface area contributed by atoms with Crippen LogP contribution in [0, 0.1) is 5.92 Å². The fraction of sp³-hybridized carbons (Fsp3) is 0.632. The lowest BCUT2D eigenvalue weighted by molar-refractivity contribution is -0.147. The maximum absolute atomic E-state index is 11.8. The van der Waals surface area contributed by atoms with Gasteiger partial charge in [0.05, 0.1) is 0 Å². The Morgan fingerprint density at radius 3 is 2.42 bits per heavy atom. The number of benzene rings is 1. The van der Waals surface area contributed by atoms with Gasteiger partial charge in [-0.05, 0) is 57.1 Å². The summed E-state index contributed by atoms with van der Waals surface area (Å²) in [6, 6.07) is 10.6. The highest BCUT2D eigenvalue weighted by molar-refractivity contribution is 6.40. The van der Waals surface area contributed by atoms with Crippen molar-refractivity contribution in [2.75, 3.05) is 13.1 Å². The first kappa shape index (κ1) is 20.9. The lowest BCUT2D eigenvalue weighted by atomic mass is 9.74. The molecule has 0 saturated carbocycles. The smallest absolute Gasteiger partial charge is 0.451 e. The number of likely N-dealkylation sites (tertiary alicyclic amines) is 1. The van der Waals surface area contributed by atoms with Crippen molar-refractivity contribution in [3.05, 3.63) is 35.9 Å². The Hall–Kier alpha value is -1.41. The van der Waals surface area contributed by atoms with Crippen molar-refractivity contribution in [1.82, 2.24) is 4.90 Å². The molecule has 1 saturated heterocycles. The summed E-state index contributed by atoms with van der Waals surface area (Å²) in [6.07, 6.45) is 3.30. The van der Waals surface area contributed by atoms with Crippen molar-refractivity contribution >= 4 is 13.1 Å². The average Bonchev–Trinajstić information content (AvgIpc) is 2.65. The molecular formula is C19H31BN2O4. The van der Waals surface area contributed by atoms with Crippen molar-refractivity contribution in [2.45, 2.75) is 56.9 Å². The van der Waals surface area contributed by atoms with Gasteiger partial charge in [-0.1, -0.05) is 43.2 Å². The van der Waals surface area contributed by atoms with Crippen LogP contribution >= 0.6 is 0 Å². The molecule has 0 bridgehead atoms. The van der Waals surface area contributed by atoms with E-state index in [4.69, 9.17) is 15.8 Å². The van der Waals surface area contributed by atoms with E-state index in [0.717, 1.165) is 25.9 Å². The molecule has 7 heteroatoms. The highest BCUT2D eigenvalue weighted by atomic mass is 16.4. The number of nitrogens with two attached hydrogens (primary N) is 1. The SMILES string of the molecule is CC(c1ccccc1)N1CCC([C@@](N)(CCCCB(O)O)C(=O)O)CC1. The van der Waals surface area contributed by atoms with Gasteiger partial charge in [0.15, 0.2) is 0 Å². The van der Waals surface area contributed by atoms with E-state index in [9.17, 15) is 9.90 Å². The van der Waals surface area contributed by atoms with Gasteiger partial charge >= 0.3 is 13.1 Å². The minimum absolute atomic E-state index is 0.0572. The second-order valence-corrected chi connectivity index (χ2v) is 7.47. The first-order valence-corrected chi connectivity index (χ1v) is 9.52. The largest absolute Gasteiger partial charge is 0.480 e. The summed E-state index contributed by atoms with van der Waals surface area (Å²) >= 11 is 0. The average molecular weight is 362 g/mol. The molecule has 1 unspecified atom stereocenters. The Morgan fingerprint density at radius 1 is 1.27 bits per heavy atom. The van der Waals surface area contributed by atoms with Crippen LogP contribution in [-0.2, 0) is 4.79 Å². The minimum Gasteiger partial charge on any atom is -0.480 e. The molecule has 5 N–H and O–H groups in total. The van der Waals surface area contributed by atoms with Crippen LogP contribution in [0.5, 0.6) is 0 Å². The third-order valence-electron chi connectivity index (χ3n) is 5.79. The summed E-state index contributed by atoms with van der Waals surface area (Å²) in [5.41, 5.74) is 6.36. The first-order chi connectivity index (χ1) is 12.3. The number of unbranched alkanes of at least 4 members (excludes halogenated alkanes) is 1. The zero-order chi connectivity index (χ0) is 19.2. The van der Waals surface area contributed by atoms with Crippen LogP contribution in [0.4, 0.5) is 0 Å². The third kappa shape index (κ3) is 5.30. The molecule has 0 amide bonds. The van der Waals surface area contributed by atoms with E-state index in [1.54, 1.807) is 0 Å². The fourth-order valence-electron chi connectivity index (χ4n) is 3.97. The van der Waals surface area contributed by atoms with Crippen LogP contribution in [0.15, 0.2) is 30.3 Å². The molecule has 2 atom stereocenters. The Morgan fingerprint density at radius 2 is 1.88 bits per heavy atom. The highest BCUT2D eigenvalue weighted by Crippen LogP contribution is 2.34. The number of hydrogen-bond donors (Lipinski definition) is 4. The maximum Gasteiger partial charge on any atom is 0.451 e. The Kier molecular flexibility index (Phi) is 7.64. The third-order valence-corrected chi connectivity index (χ3v) is 5.79. The minimum atomic E-state index is -1.34. The first-order valence-electron chi connectivity index (χ1n) is 9.52. The number of carbonyl (C=O) groups is 1. The topological polar surface area (TPSA) is 107 Å². The number of piperidine rings is 1. The molecule has 0 radical (unpaired) electrons. The summed E-state index contributed by atoms with van der Waals surface area (Å²) in [7, 11) is -1.34. The van der Waals surface area contributed by atoms with E-state index in [1.807, 2.05) is 18.2 Å². The fourth-order valence-corrected chi connectivity index (χ4v) is 3.97. The predicted molar refractivity (Wildman–Crippen MR) is 103 cm³/mol. The van der Waals surface area contributed by atoms with Crippen molar-refractivity contribution in [1.29, 1.82) is 0 Å². The van der Waals surface area contributed by atoms with Crippen molar-refractivity contribution < 1.29 is 19.9 Å². The van der Waals surface area contributed by atoms with Crippen molar-refractivity contribution in [3.63, 3.8) is 0 Å². The predicted octanol–water partition coefficient (Wildman–Crippen LogP) is 1.88. The second kappa shape index (κ2) is 9.51. The van der Waals surface area contributed by atoms with Gasteiger partial charge < -0.3 is 20.9 Å². The van der Waals surface area contributed by atoms with E-state index < -0.39 is 18.6 Å². The molecule has 2 rings (SSSR count). The molecule has 1 aliphatic heterocycles. The standard InChI is InChI=1S/C19H31BN2O4/c1-15(16-7-3-2-4-8-16)22-13-9-17(10-14-22)19(21,18(23)24)11-5-6-12-20(25)26/h2-4,7-8,15,17,25-26H,5-6,9-14,21H2,1H3,(H,23,24)/t15?,19-/m0/s1. The lowest BCUT2D eigenvalue weighted by Gasteiger charge is -2.42. The summed E-state index contributed by atoms with van der Waals surface area (Å²) in [5.74, 6) is -1.00. The molecule has 0 spiro atoms. The second-order valence-electron chi connectivity index (χ2n) is 7.47. The number of hydrogen-bond acceptors (Lipinski definition) is 5. The molecular weight excluding hydrogens is 331 g/mol. The molecule has 1 aromatic carbocycles. The van der Waals surface area contributed by atoms with Crippen LogP contribution in [0.25, 0.3) is 0 Å². The van der Waals surface area contributed by atoms with E-state index in [-0.39, 0.29) is 12.2 Å². The van der Waals surface area contributed by atoms with Gasteiger partial charge in [-0.2, -0.15) is 0 Å². The van der Waals surface area contributed by atoms with E-state index in [0.29, 0.717) is 25.3 Å². The zero-order valence-electron chi connectivity index (χ0n) is 15.6. The lowest BCUT2D eigenvalue weighted by Crippen LogP contribution is -2.57. The zero-order valence-corrected chi connectivity index (χ0v) is 15.6. The van der Waals surface area contributed by atoms with Crippen LogP contribution in [0.2, 0.25) is 6.32 Å². The Bertz CT molecular complexity index is 564. The van der Waals surface area contributed by atoms with E-state index in [2.05, 4.69) is 24.0 Å². The molecule has 6 nitrogen and oxygen atoms in total. The summed E-state index contributed by atoms with van der Waals surface area (Å²) in [5, 5.41) is 27.5. The normalized spacial score (nSPS) is 19.7. The number of carboxylic acid groups (broad SMARTS) is 1. The quantitative estimate of drug-likeness (QED) is 0.395. The molecule has 0 aromatic heterocycles. The maximum atomic E-state index is 11.8. The number of rotatable bonds is 9. The van der Waals surface area contributed by atoms with Gasteiger partial charge in [0.2, 0.25) is 0 Å². The molecule has 144 valence electrons. The van der Waals surface area contributed by atoms with Crippen molar-refractivity contribution in [3.8, 4) is 0 Å². The van der Waals surface area contributed by atoms with Gasteiger partial charge in [-0.25, -0.2) is 0 Å². The number of nitrogens with zero attached hydrogens (tertiary/aromatic N) is 1. The number of carboxylic acids is 1. The van der Waals surface area contributed by atoms with Crippen LogP contribution in [0.3, 0.4) is 0 Å². The summed E-state index contributed by atoms with van der Waals surface area (Å²) < 4.78 is 0. The van der Waals surface area contributed by atoms with Gasteiger partial charge in [-0.3, -0.25) is 9.69 Å². The van der Waals surface area contributed by atoms with Crippen molar-refractivity contribution in [2.24, 2.45) is 11.7 Å². The van der Waals surface area contributed by atoms with Gasteiger partial charge in [0.1, 0.15) is 5.54 Å². The summed E-state index contributed by atoms with van der Waals surface area (Å²) in [4.78, 5) is 14.2. The summed E-state index contributed by atoms with van der Waals surface area (Å²) in [6.45, 7) is 3.85. The van der Waals surface area contributed by atoms with E-state index in [1.165, 1.54) is 5.56 Å². The Labute approximate surface area is 156 Å².